The standard InChI is InChI=1S/C27H20N4O2/c1-16-12-17(2)29-25(13-16)31-22-8-4-3-6-19(22)20-11-10-18(14-23(20)31)33-26-15-28-21-7-5-9-24(32)27(21)30-26/h3-15,32H,1-2H3. The maximum absolute atomic E-state index is 10.1. The van der Waals surface area contributed by atoms with Gasteiger partial charge in [-0.15, -0.1) is 0 Å². The van der Waals surface area contributed by atoms with Gasteiger partial charge in [-0.05, 0) is 61.9 Å². The Labute approximate surface area is 189 Å². The molecule has 0 saturated carbocycles. The molecule has 0 aliphatic rings. The smallest absolute Gasteiger partial charge is 0.238 e. The van der Waals surface area contributed by atoms with Crippen molar-refractivity contribution in [2.45, 2.75) is 13.8 Å². The second-order valence-corrected chi connectivity index (χ2v) is 8.13. The van der Waals surface area contributed by atoms with E-state index in [2.05, 4.69) is 51.8 Å². The molecule has 0 saturated heterocycles. The van der Waals surface area contributed by atoms with Crippen LogP contribution in [0.4, 0.5) is 0 Å². The summed E-state index contributed by atoms with van der Waals surface area (Å²) in [5, 5.41) is 12.4. The summed E-state index contributed by atoms with van der Waals surface area (Å²) < 4.78 is 8.23. The molecule has 3 aromatic heterocycles. The van der Waals surface area contributed by atoms with Crippen LogP contribution in [0.15, 0.2) is 79.0 Å². The van der Waals surface area contributed by atoms with Crippen LogP contribution in [0.1, 0.15) is 11.3 Å². The summed E-state index contributed by atoms with van der Waals surface area (Å²) in [4.78, 5) is 13.6. The fourth-order valence-corrected chi connectivity index (χ4v) is 4.37. The van der Waals surface area contributed by atoms with Crippen LogP contribution >= 0.6 is 0 Å². The van der Waals surface area contributed by atoms with Gasteiger partial charge in [0.25, 0.3) is 0 Å². The van der Waals surface area contributed by atoms with Crippen LogP contribution in [-0.2, 0) is 0 Å². The van der Waals surface area contributed by atoms with E-state index < -0.39 is 0 Å². The van der Waals surface area contributed by atoms with E-state index in [1.54, 1.807) is 24.4 Å². The number of ether oxygens (including phenoxy) is 1. The van der Waals surface area contributed by atoms with Crippen LogP contribution in [0.2, 0.25) is 0 Å². The molecule has 6 heteroatoms. The average Bonchev–Trinajstić information content (AvgIpc) is 3.13. The maximum atomic E-state index is 10.1. The zero-order valence-electron chi connectivity index (χ0n) is 18.1. The van der Waals surface area contributed by atoms with Crippen molar-refractivity contribution in [1.82, 2.24) is 19.5 Å². The van der Waals surface area contributed by atoms with Gasteiger partial charge in [0, 0.05) is 22.5 Å². The van der Waals surface area contributed by atoms with E-state index in [0.29, 0.717) is 22.7 Å². The van der Waals surface area contributed by atoms with E-state index in [-0.39, 0.29) is 5.75 Å². The molecule has 0 unspecified atom stereocenters. The number of aromatic hydroxyl groups is 1. The summed E-state index contributed by atoms with van der Waals surface area (Å²) >= 11 is 0. The zero-order valence-corrected chi connectivity index (χ0v) is 18.1. The lowest BCUT2D eigenvalue weighted by Gasteiger charge is -2.10. The van der Waals surface area contributed by atoms with Crippen LogP contribution in [0.25, 0.3) is 38.7 Å². The van der Waals surface area contributed by atoms with Gasteiger partial charge in [-0.2, -0.15) is 0 Å². The number of aryl methyl sites for hydroxylation is 2. The molecule has 0 aliphatic heterocycles. The van der Waals surface area contributed by atoms with E-state index >= 15 is 0 Å². The Bertz CT molecular complexity index is 1670. The third-order valence-corrected chi connectivity index (χ3v) is 5.71. The molecule has 3 heterocycles. The number of fused-ring (bicyclic) bond motifs is 4. The number of phenolic OH excluding ortho intramolecular Hbond substituents is 1. The van der Waals surface area contributed by atoms with Gasteiger partial charge in [-0.25, -0.2) is 15.0 Å². The largest absolute Gasteiger partial charge is 0.506 e. The molecule has 6 aromatic rings. The first-order valence-corrected chi connectivity index (χ1v) is 10.7. The molecule has 33 heavy (non-hydrogen) atoms. The fourth-order valence-electron chi connectivity index (χ4n) is 4.37. The third-order valence-electron chi connectivity index (χ3n) is 5.71. The van der Waals surface area contributed by atoms with Gasteiger partial charge in [-0.3, -0.25) is 4.57 Å². The quantitative estimate of drug-likeness (QED) is 0.358. The van der Waals surface area contributed by atoms with Crippen molar-refractivity contribution in [3.63, 3.8) is 0 Å². The van der Waals surface area contributed by atoms with Crippen molar-refractivity contribution in [3.05, 3.63) is 90.3 Å². The van der Waals surface area contributed by atoms with Crippen LogP contribution in [-0.4, -0.2) is 24.6 Å². The topological polar surface area (TPSA) is 73.1 Å². The lowest BCUT2D eigenvalue weighted by atomic mass is 10.1. The van der Waals surface area contributed by atoms with Gasteiger partial charge >= 0.3 is 0 Å². The van der Waals surface area contributed by atoms with E-state index in [9.17, 15) is 5.11 Å². The van der Waals surface area contributed by atoms with Crippen LogP contribution in [0, 0.1) is 13.8 Å². The number of rotatable bonds is 3. The number of benzene rings is 3. The highest BCUT2D eigenvalue weighted by atomic mass is 16.5. The van der Waals surface area contributed by atoms with E-state index in [0.717, 1.165) is 38.9 Å². The van der Waals surface area contributed by atoms with Crippen molar-refractivity contribution >= 4 is 32.8 Å². The molecule has 0 amide bonds. The minimum absolute atomic E-state index is 0.0712. The zero-order chi connectivity index (χ0) is 22.5. The predicted molar refractivity (Wildman–Crippen MR) is 129 cm³/mol. The minimum Gasteiger partial charge on any atom is -0.506 e. The van der Waals surface area contributed by atoms with Gasteiger partial charge in [-0.1, -0.05) is 24.3 Å². The average molecular weight is 432 g/mol. The summed E-state index contributed by atoms with van der Waals surface area (Å²) in [5.74, 6) is 1.88. The summed E-state index contributed by atoms with van der Waals surface area (Å²) in [7, 11) is 0. The SMILES string of the molecule is Cc1cc(C)nc(-n2c3ccccc3c3ccc(Oc4cnc5cccc(O)c5n4)cc32)c1. The van der Waals surface area contributed by atoms with Crippen molar-refractivity contribution in [3.8, 4) is 23.2 Å². The Hall–Kier alpha value is -4.45. The number of nitrogens with zero attached hydrogens (tertiary/aromatic N) is 4. The molecule has 0 radical (unpaired) electrons. The highest BCUT2D eigenvalue weighted by Gasteiger charge is 2.15. The molecular weight excluding hydrogens is 412 g/mol. The monoisotopic (exact) mass is 432 g/mol. The minimum atomic E-state index is 0.0712. The van der Waals surface area contributed by atoms with Crippen molar-refractivity contribution in [2.24, 2.45) is 0 Å². The number of para-hydroxylation sites is 2. The maximum Gasteiger partial charge on any atom is 0.238 e. The first-order chi connectivity index (χ1) is 16.1. The van der Waals surface area contributed by atoms with Gasteiger partial charge in [0.2, 0.25) is 5.88 Å². The van der Waals surface area contributed by atoms with Crippen LogP contribution in [0.5, 0.6) is 17.4 Å². The molecule has 0 fully saturated rings. The molecule has 6 rings (SSSR count). The van der Waals surface area contributed by atoms with Gasteiger partial charge in [0.1, 0.15) is 22.8 Å². The summed E-state index contributed by atoms with van der Waals surface area (Å²) in [6.45, 7) is 4.08. The first kappa shape index (κ1) is 19.3. The lowest BCUT2D eigenvalue weighted by Crippen LogP contribution is -1.99. The number of phenols is 1. The Morgan fingerprint density at radius 1 is 0.818 bits per heavy atom. The van der Waals surface area contributed by atoms with E-state index in [4.69, 9.17) is 9.72 Å². The first-order valence-electron chi connectivity index (χ1n) is 10.7. The van der Waals surface area contributed by atoms with Gasteiger partial charge < -0.3 is 9.84 Å². The normalized spacial score (nSPS) is 11.5. The fraction of sp³-hybridized carbons (Fsp3) is 0.0741. The second-order valence-electron chi connectivity index (χ2n) is 8.13. The lowest BCUT2D eigenvalue weighted by molar-refractivity contribution is 0.458. The predicted octanol–water partition coefficient (Wildman–Crippen LogP) is 6.24. The van der Waals surface area contributed by atoms with Gasteiger partial charge in [0.05, 0.1) is 22.7 Å². The molecule has 0 atom stereocenters. The molecule has 3 aromatic carbocycles. The summed E-state index contributed by atoms with van der Waals surface area (Å²) in [5.41, 5.74) is 5.21. The molecule has 0 spiro atoms. The Balaban J connectivity index is 1.53. The Morgan fingerprint density at radius 3 is 2.55 bits per heavy atom. The van der Waals surface area contributed by atoms with Crippen molar-refractivity contribution in [2.75, 3.05) is 0 Å². The van der Waals surface area contributed by atoms with E-state index in [1.165, 1.54) is 0 Å². The highest BCUT2D eigenvalue weighted by molar-refractivity contribution is 6.09. The summed E-state index contributed by atoms with van der Waals surface area (Å²) in [6, 6.07) is 23.5. The molecule has 160 valence electrons. The third kappa shape index (κ3) is 3.24. The van der Waals surface area contributed by atoms with Crippen LogP contribution in [0.3, 0.4) is 0 Å². The molecule has 0 bridgehead atoms. The molecule has 0 aliphatic carbocycles. The Morgan fingerprint density at radius 2 is 1.67 bits per heavy atom. The number of aromatic nitrogens is 4. The molecule has 6 nitrogen and oxygen atoms in total. The number of hydrogen-bond donors (Lipinski definition) is 1. The number of pyridine rings is 1. The van der Waals surface area contributed by atoms with Gasteiger partial charge in [0.15, 0.2) is 0 Å². The van der Waals surface area contributed by atoms with Crippen molar-refractivity contribution < 1.29 is 9.84 Å². The van der Waals surface area contributed by atoms with Crippen LogP contribution < -0.4 is 4.74 Å². The summed E-state index contributed by atoms with van der Waals surface area (Å²) in [6.07, 6.45) is 1.56. The Kier molecular flexibility index (Phi) is 4.26. The van der Waals surface area contributed by atoms with E-state index in [1.807, 2.05) is 31.2 Å². The second kappa shape index (κ2) is 7.31. The highest BCUT2D eigenvalue weighted by Crippen LogP contribution is 2.35. The van der Waals surface area contributed by atoms with Crippen molar-refractivity contribution in [1.29, 1.82) is 0 Å². The molecule has 1 N–H and O–H groups in total. The number of hydrogen-bond acceptors (Lipinski definition) is 5. The molecular formula is C27H20N4O2.